The number of furan rings is 1. The highest BCUT2D eigenvalue weighted by Crippen LogP contribution is 2.28. The molecular weight excluding hydrogens is 356 g/mol. The molecule has 3 aromatic rings. The maximum Gasteiger partial charge on any atom is 0.336 e. The lowest BCUT2D eigenvalue weighted by atomic mass is 10.0. The van der Waals surface area contributed by atoms with Crippen LogP contribution in [0.4, 0.5) is 0 Å². The number of hydrogen-bond donors (Lipinski definition) is 1. The largest absolute Gasteiger partial charge is 0.459 e. The number of carbonyl (C=O) groups excluding carboxylic acids is 1. The van der Waals surface area contributed by atoms with Crippen LogP contribution in [-0.4, -0.2) is 37.0 Å². The van der Waals surface area contributed by atoms with E-state index in [2.05, 4.69) is 12.1 Å². The minimum absolute atomic E-state index is 0.0505. The number of quaternary nitrogens is 1. The van der Waals surface area contributed by atoms with Crippen molar-refractivity contribution in [2.75, 3.05) is 26.2 Å². The van der Waals surface area contributed by atoms with E-state index in [1.54, 1.807) is 18.2 Å². The Morgan fingerprint density at radius 1 is 1.11 bits per heavy atom. The Hall–Kier alpha value is -2.86. The van der Waals surface area contributed by atoms with Gasteiger partial charge in [-0.1, -0.05) is 0 Å². The molecule has 1 fully saturated rings. The maximum absolute atomic E-state index is 12.4. The van der Waals surface area contributed by atoms with Crippen LogP contribution >= 0.6 is 0 Å². The van der Waals surface area contributed by atoms with Crippen molar-refractivity contribution in [1.82, 2.24) is 4.90 Å². The molecule has 28 heavy (non-hydrogen) atoms. The highest BCUT2D eigenvalue weighted by molar-refractivity contribution is 5.91. The molecule has 1 aliphatic carbocycles. The monoisotopic (exact) mass is 379 g/mol. The van der Waals surface area contributed by atoms with Crippen molar-refractivity contribution in [3.63, 3.8) is 0 Å². The summed E-state index contributed by atoms with van der Waals surface area (Å²) in [6.45, 7) is 3.83. The first-order valence-electron chi connectivity index (χ1n) is 9.92. The fraction of sp³-hybridized carbons (Fsp3) is 0.364. The minimum atomic E-state index is -0.286. The second-order valence-corrected chi connectivity index (χ2v) is 7.76. The van der Waals surface area contributed by atoms with E-state index in [4.69, 9.17) is 8.83 Å². The Balaban J connectivity index is 1.34. The Bertz CT molecular complexity index is 1080. The van der Waals surface area contributed by atoms with E-state index < -0.39 is 0 Å². The molecule has 0 atom stereocenters. The highest BCUT2D eigenvalue weighted by Gasteiger charge is 2.26. The first-order valence-corrected chi connectivity index (χ1v) is 9.92. The topological polar surface area (TPSA) is 68.1 Å². The molecule has 1 aromatic carbocycles. The van der Waals surface area contributed by atoms with Crippen molar-refractivity contribution >= 4 is 16.9 Å². The normalized spacial score (nSPS) is 17.2. The standard InChI is InChI=1S/C22H22N2O4/c25-21-13-17(18-11-15-3-1-4-16(15)12-20(18)28-21)14-23-6-8-24(9-7-23)22(26)19-5-2-10-27-19/h2,5,10-13H,1,3-4,6-9,14H2/p+1. The molecule has 6 nitrogen and oxygen atoms in total. The van der Waals surface area contributed by atoms with Crippen molar-refractivity contribution in [3.8, 4) is 0 Å². The van der Waals surface area contributed by atoms with Gasteiger partial charge in [-0.15, -0.1) is 0 Å². The summed E-state index contributed by atoms with van der Waals surface area (Å²) in [6, 6.07) is 9.34. The van der Waals surface area contributed by atoms with E-state index in [1.165, 1.54) is 28.7 Å². The van der Waals surface area contributed by atoms with Gasteiger partial charge in [-0.2, -0.15) is 0 Å². The average molecular weight is 379 g/mol. The molecule has 0 spiro atoms. The van der Waals surface area contributed by atoms with Crippen molar-refractivity contribution in [2.24, 2.45) is 0 Å². The average Bonchev–Trinajstić information content (AvgIpc) is 3.38. The molecule has 144 valence electrons. The van der Waals surface area contributed by atoms with Crippen LogP contribution in [0.5, 0.6) is 0 Å². The van der Waals surface area contributed by atoms with Crippen molar-refractivity contribution in [3.05, 3.63) is 69.5 Å². The molecule has 1 saturated heterocycles. The Morgan fingerprint density at radius 2 is 1.89 bits per heavy atom. The van der Waals surface area contributed by atoms with Gasteiger partial charge in [0.25, 0.3) is 5.91 Å². The summed E-state index contributed by atoms with van der Waals surface area (Å²) in [6.07, 6.45) is 4.86. The van der Waals surface area contributed by atoms with Crippen molar-refractivity contribution in [2.45, 2.75) is 25.8 Å². The van der Waals surface area contributed by atoms with Crippen LogP contribution in [0.25, 0.3) is 11.0 Å². The van der Waals surface area contributed by atoms with Gasteiger partial charge in [0.1, 0.15) is 12.1 Å². The van der Waals surface area contributed by atoms with Crippen LogP contribution < -0.4 is 10.5 Å². The van der Waals surface area contributed by atoms with Gasteiger partial charge in [-0.05, 0) is 54.7 Å². The fourth-order valence-corrected chi connectivity index (χ4v) is 4.47. The van der Waals surface area contributed by atoms with Crippen LogP contribution in [0, 0.1) is 0 Å². The second kappa shape index (κ2) is 6.95. The van der Waals surface area contributed by atoms with E-state index in [0.29, 0.717) is 24.4 Å². The predicted molar refractivity (Wildman–Crippen MR) is 104 cm³/mol. The summed E-state index contributed by atoms with van der Waals surface area (Å²) in [7, 11) is 0. The molecule has 0 radical (unpaired) electrons. The van der Waals surface area contributed by atoms with Crippen LogP contribution in [0.15, 0.2) is 50.2 Å². The highest BCUT2D eigenvalue weighted by atomic mass is 16.4. The van der Waals surface area contributed by atoms with Crippen LogP contribution in [0.2, 0.25) is 0 Å². The molecule has 5 rings (SSSR count). The Kier molecular flexibility index (Phi) is 4.28. The first-order chi connectivity index (χ1) is 13.7. The number of carbonyl (C=O) groups is 1. The van der Waals surface area contributed by atoms with Gasteiger partial charge in [0.05, 0.1) is 32.4 Å². The molecule has 3 heterocycles. The zero-order valence-electron chi connectivity index (χ0n) is 15.7. The summed E-state index contributed by atoms with van der Waals surface area (Å²) in [5.41, 5.74) is 4.15. The molecule has 1 aliphatic heterocycles. The third kappa shape index (κ3) is 3.14. The van der Waals surface area contributed by atoms with Gasteiger partial charge in [-0.3, -0.25) is 4.79 Å². The van der Waals surface area contributed by atoms with E-state index in [1.807, 2.05) is 4.90 Å². The quantitative estimate of drug-likeness (QED) is 0.699. The zero-order chi connectivity index (χ0) is 19.1. The molecule has 1 N–H and O–H groups in total. The molecule has 2 aliphatic rings. The van der Waals surface area contributed by atoms with Gasteiger partial charge < -0.3 is 18.6 Å². The molecular formula is C22H23N2O4+. The third-order valence-corrected chi connectivity index (χ3v) is 5.97. The van der Waals surface area contributed by atoms with Gasteiger partial charge in [0.15, 0.2) is 5.76 Å². The van der Waals surface area contributed by atoms with E-state index in [-0.39, 0.29) is 11.5 Å². The number of hydrogen-bond acceptors (Lipinski definition) is 4. The molecule has 6 heteroatoms. The lowest BCUT2D eigenvalue weighted by Crippen LogP contribution is -3.13. The van der Waals surface area contributed by atoms with Crippen LogP contribution in [0.3, 0.4) is 0 Å². The third-order valence-electron chi connectivity index (χ3n) is 5.97. The summed E-state index contributed by atoms with van der Waals surface area (Å²) < 4.78 is 10.7. The SMILES string of the molecule is O=C(c1ccco1)N1CC[NH+](Cc2cc(=O)oc3cc4c(cc23)CCC4)CC1. The minimum Gasteiger partial charge on any atom is -0.459 e. The van der Waals surface area contributed by atoms with Crippen LogP contribution in [0.1, 0.15) is 33.7 Å². The van der Waals surface area contributed by atoms with E-state index in [9.17, 15) is 9.59 Å². The van der Waals surface area contributed by atoms with Gasteiger partial charge in [-0.25, -0.2) is 4.79 Å². The number of nitrogens with one attached hydrogen (secondary N) is 1. The molecule has 1 amide bonds. The number of amides is 1. The number of benzene rings is 1. The predicted octanol–water partition coefficient (Wildman–Crippen LogP) is 1.42. The second-order valence-electron chi connectivity index (χ2n) is 7.76. The maximum atomic E-state index is 12.4. The molecule has 0 bridgehead atoms. The fourth-order valence-electron chi connectivity index (χ4n) is 4.47. The number of fused-ring (bicyclic) bond motifs is 2. The van der Waals surface area contributed by atoms with Gasteiger partial charge >= 0.3 is 5.63 Å². The molecule has 0 saturated carbocycles. The Labute approximate surface area is 162 Å². The van der Waals surface area contributed by atoms with Crippen LogP contribution in [-0.2, 0) is 19.4 Å². The van der Waals surface area contributed by atoms with Gasteiger partial charge in [0.2, 0.25) is 0 Å². The van der Waals surface area contributed by atoms with Crippen molar-refractivity contribution in [1.29, 1.82) is 0 Å². The smallest absolute Gasteiger partial charge is 0.336 e. The number of rotatable bonds is 3. The van der Waals surface area contributed by atoms with Crippen molar-refractivity contribution < 1.29 is 18.5 Å². The number of piperazine rings is 1. The van der Waals surface area contributed by atoms with E-state index >= 15 is 0 Å². The summed E-state index contributed by atoms with van der Waals surface area (Å²) in [5.74, 6) is 0.342. The number of nitrogens with zero attached hydrogens (tertiary/aromatic N) is 1. The Morgan fingerprint density at radius 3 is 2.64 bits per heavy atom. The lowest BCUT2D eigenvalue weighted by Gasteiger charge is -2.31. The van der Waals surface area contributed by atoms with E-state index in [0.717, 1.165) is 43.4 Å². The lowest BCUT2D eigenvalue weighted by molar-refractivity contribution is -0.917. The zero-order valence-corrected chi connectivity index (χ0v) is 15.7. The first kappa shape index (κ1) is 17.3. The summed E-state index contributed by atoms with van der Waals surface area (Å²) in [5, 5.41) is 1.06. The van der Waals surface area contributed by atoms with Gasteiger partial charge in [0, 0.05) is 17.0 Å². The number of aryl methyl sites for hydroxylation is 2. The summed E-state index contributed by atoms with van der Waals surface area (Å²) >= 11 is 0. The summed E-state index contributed by atoms with van der Waals surface area (Å²) in [4.78, 5) is 27.7. The molecule has 0 unspecified atom stereocenters. The molecule has 2 aromatic heterocycles.